The van der Waals surface area contributed by atoms with Crippen molar-refractivity contribution in [2.75, 3.05) is 14.2 Å². The molecule has 158 valence electrons. The van der Waals surface area contributed by atoms with Gasteiger partial charge in [-0.3, -0.25) is 0 Å². The van der Waals surface area contributed by atoms with Gasteiger partial charge in [-0.1, -0.05) is 6.07 Å². The van der Waals surface area contributed by atoms with E-state index in [0.29, 0.717) is 17.9 Å². The maximum atomic E-state index is 12.6. The number of methoxy groups -OCH3 is 2. The number of amides is 2. The number of hydrogen-bond acceptors (Lipinski definition) is 4. The van der Waals surface area contributed by atoms with Crippen molar-refractivity contribution < 1.29 is 19.1 Å². The Bertz CT molecular complexity index is 756. The van der Waals surface area contributed by atoms with E-state index in [9.17, 15) is 9.59 Å². The highest BCUT2D eigenvalue weighted by molar-refractivity contribution is 5.92. The van der Waals surface area contributed by atoms with Crippen LogP contribution in [0.1, 0.15) is 61.4 Å². The van der Waals surface area contributed by atoms with E-state index >= 15 is 0 Å². The first-order valence-electron chi connectivity index (χ1n) is 10.7. The van der Waals surface area contributed by atoms with Crippen molar-refractivity contribution in [3.8, 4) is 5.75 Å². The summed E-state index contributed by atoms with van der Waals surface area (Å²) in [7, 11) is 2.85. The maximum Gasteiger partial charge on any atom is 0.341 e. The monoisotopic (exact) mass is 400 g/mol. The zero-order valence-electron chi connectivity index (χ0n) is 17.6. The molecule has 5 rings (SSSR count). The second-order valence-corrected chi connectivity index (χ2v) is 9.35. The van der Waals surface area contributed by atoms with Gasteiger partial charge in [0.2, 0.25) is 0 Å². The minimum Gasteiger partial charge on any atom is -0.496 e. The third-order valence-corrected chi connectivity index (χ3v) is 7.47. The van der Waals surface area contributed by atoms with Crippen molar-refractivity contribution in [2.45, 2.75) is 58.0 Å². The molecule has 0 heterocycles. The predicted octanol–water partition coefficient (Wildman–Crippen LogP) is 3.89. The average Bonchev–Trinajstić information content (AvgIpc) is 2.70. The molecular weight excluding hydrogens is 368 g/mol. The van der Waals surface area contributed by atoms with Gasteiger partial charge >= 0.3 is 12.0 Å². The van der Waals surface area contributed by atoms with E-state index in [-0.39, 0.29) is 17.5 Å². The van der Waals surface area contributed by atoms with Gasteiger partial charge in [0.05, 0.1) is 14.2 Å². The average molecular weight is 401 g/mol. The van der Waals surface area contributed by atoms with E-state index in [1.165, 1.54) is 52.7 Å². The Hall–Kier alpha value is -2.24. The third kappa shape index (κ3) is 3.94. The Labute approximate surface area is 172 Å². The highest BCUT2D eigenvalue weighted by Gasteiger charge is 2.53. The Morgan fingerprint density at radius 1 is 1.10 bits per heavy atom. The van der Waals surface area contributed by atoms with Crippen LogP contribution in [-0.2, 0) is 11.3 Å². The predicted molar refractivity (Wildman–Crippen MR) is 110 cm³/mol. The Kier molecular flexibility index (Phi) is 5.45. The molecule has 1 aromatic rings. The summed E-state index contributed by atoms with van der Waals surface area (Å²) >= 11 is 0. The van der Waals surface area contributed by atoms with E-state index in [1.807, 2.05) is 6.07 Å². The van der Waals surface area contributed by atoms with Crippen molar-refractivity contribution in [3.63, 3.8) is 0 Å². The molecule has 4 fully saturated rings. The van der Waals surface area contributed by atoms with Gasteiger partial charge in [0, 0.05) is 12.6 Å². The lowest BCUT2D eigenvalue weighted by Crippen LogP contribution is -2.57. The number of carbonyl (C=O) groups excluding carboxylic acids is 2. The lowest BCUT2D eigenvalue weighted by molar-refractivity contribution is -0.0682. The van der Waals surface area contributed by atoms with Crippen LogP contribution in [0.4, 0.5) is 4.79 Å². The molecule has 1 unspecified atom stereocenters. The van der Waals surface area contributed by atoms with Gasteiger partial charge in [-0.25, -0.2) is 9.59 Å². The largest absolute Gasteiger partial charge is 0.496 e. The number of benzene rings is 1. The van der Waals surface area contributed by atoms with E-state index in [0.717, 1.165) is 23.3 Å². The van der Waals surface area contributed by atoms with Crippen LogP contribution in [0.15, 0.2) is 18.2 Å². The quantitative estimate of drug-likeness (QED) is 0.711. The maximum absolute atomic E-state index is 12.6. The zero-order chi connectivity index (χ0) is 20.6. The standard InChI is InChI=1S/C23H32N2O4/c1-14(23-10-16-6-17(11-23)8-18(7-16)12-23)25-22(27)24-13-15-4-5-20(28-2)19(9-15)21(26)29-3/h4-5,9,14,16-18H,6-8,10-13H2,1-3H3,(H2,24,25,27). The van der Waals surface area contributed by atoms with Crippen LogP contribution in [-0.4, -0.2) is 32.3 Å². The van der Waals surface area contributed by atoms with Gasteiger partial charge in [0.1, 0.15) is 11.3 Å². The van der Waals surface area contributed by atoms with Crippen molar-refractivity contribution in [2.24, 2.45) is 23.2 Å². The SMILES string of the molecule is COC(=O)c1cc(CNC(=O)NC(C)C23CC4CC(CC(C4)C2)C3)ccc1OC. The van der Waals surface area contributed by atoms with E-state index in [1.54, 1.807) is 12.1 Å². The van der Waals surface area contributed by atoms with Gasteiger partial charge in [-0.15, -0.1) is 0 Å². The molecule has 2 N–H and O–H groups in total. The summed E-state index contributed by atoms with van der Waals surface area (Å²) in [6.07, 6.45) is 8.00. The summed E-state index contributed by atoms with van der Waals surface area (Å²) in [5.41, 5.74) is 1.46. The molecule has 0 saturated heterocycles. The van der Waals surface area contributed by atoms with Crippen molar-refractivity contribution in [1.82, 2.24) is 10.6 Å². The van der Waals surface area contributed by atoms with Crippen LogP contribution in [0.5, 0.6) is 5.75 Å². The molecule has 2 amide bonds. The van der Waals surface area contributed by atoms with Crippen LogP contribution in [0.25, 0.3) is 0 Å². The number of urea groups is 1. The summed E-state index contributed by atoms with van der Waals surface area (Å²) in [6, 6.07) is 5.29. The molecular formula is C23H32N2O4. The molecule has 1 atom stereocenters. The van der Waals surface area contributed by atoms with Crippen molar-refractivity contribution in [1.29, 1.82) is 0 Å². The second kappa shape index (κ2) is 7.88. The van der Waals surface area contributed by atoms with Crippen LogP contribution in [0.2, 0.25) is 0 Å². The minimum atomic E-state index is -0.455. The van der Waals surface area contributed by atoms with Gasteiger partial charge in [-0.2, -0.15) is 0 Å². The molecule has 29 heavy (non-hydrogen) atoms. The second-order valence-electron chi connectivity index (χ2n) is 9.35. The van der Waals surface area contributed by atoms with E-state index < -0.39 is 5.97 Å². The number of esters is 1. The summed E-state index contributed by atoms with van der Waals surface area (Å²) in [6.45, 7) is 2.52. The molecule has 1 aromatic carbocycles. The fraction of sp³-hybridized carbons (Fsp3) is 0.652. The van der Waals surface area contributed by atoms with Crippen LogP contribution in [0.3, 0.4) is 0 Å². The molecule has 4 aliphatic carbocycles. The third-order valence-electron chi connectivity index (χ3n) is 7.47. The number of carbonyl (C=O) groups is 2. The number of rotatable bonds is 6. The first kappa shape index (κ1) is 20.0. The molecule has 0 aromatic heterocycles. The van der Waals surface area contributed by atoms with E-state index in [4.69, 9.17) is 9.47 Å². The van der Waals surface area contributed by atoms with Gasteiger partial charge in [0.15, 0.2) is 0 Å². The normalized spacial score (nSPS) is 30.5. The number of hydrogen-bond donors (Lipinski definition) is 2. The summed E-state index contributed by atoms with van der Waals surface area (Å²) in [5.74, 6) is 2.60. The Balaban J connectivity index is 1.35. The minimum absolute atomic E-state index is 0.149. The molecule has 4 aliphatic rings. The van der Waals surface area contributed by atoms with Crippen LogP contribution in [0, 0.1) is 23.2 Å². The lowest BCUT2D eigenvalue weighted by Gasteiger charge is -2.59. The summed E-state index contributed by atoms with van der Waals surface area (Å²) in [5, 5.41) is 6.15. The van der Waals surface area contributed by atoms with Gasteiger partial charge < -0.3 is 20.1 Å². The number of ether oxygens (including phenoxy) is 2. The van der Waals surface area contributed by atoms with Crippen LogP contribution >= 0.6 is 0 Å². The number of nitrogens with one attached hydrogen (secondary N) is 2. The Morgan fingerprint density at radius 2 is 1.72 bits per heavy atom. The molecule has 6 heteroatoms. The molecule has 0 radical (unpaired) electrons. The smallest absolute Gasteiger partial charge is 0.341 e. The highest BCUT2D eigenvalue weighted by atomic mass is 16.5. The fourth-order valence-electron chi connectivity index (χ4n) is 6.43. The first-order valence-corrected chi connectivity index (χ1v) is 10.7. The molecule has 0 spiro atoms. The zero-order valence-corrected chi connectivity index (χ0v) is 17.6. The summed E-state index contributed by atoms with van der Waals surface area (Å²) < 4.78 is 10.0. The molecule has 4 bridgehead atoms. The van der Waals surface area contributed by atoms with Crippen molar-refractivity contribution in [3.05, 3.63) is 29.3 Å². The van der Waals surface area contributed by atoms with Gasteiger partial charge in [-0.05, 0) is 86.3 Å². The molecule has 4 saturated carbocycles. The van der Waals surface area contributed by atoms with Crippen LogP contribution < -0.4 is 15.4 Å². The molecule has 6 nitrogen and oxygen atoms in total. The molecule has 0 aliphatic heterocycles. The lowest BCUT2D eigenvalue weighted by atomic mass is 9.48. The topological polar surface area (TPSA) is 76.7 Å². The highest BCUT2D eigenvalue weighted by Crippen LogP contribution is 2.61. The van der Waals surface area contributed by atoms with E-state index in [2.05, 4.69) is 17.6 Å². The van der Waals surface area contributed by atoms with Gasteiger partial charge in [0.25, 0.3) is 0 Å². The Morgan fingerprint density at radius 3 is 2.28 bits per heavy atom. The van der Waals surface area contributed by atoms with Crippen molar-refractivity contribution >= 4 is 12.0 Å². The fourth-order valence-corrected chi connectivity index (χ4v) is 6.43. The first-order chi connectivity index (χ1) is 13.9. The summed E-state index contributed by atoms with van der Waals surface area (Å²) in [4.78, 5) is 24.5.